The average molecular weight is 461 g/mol. The minimum absolute atomic E-state index is 0.152. The second-order valence-electron chi connectivity index (χ2n) is 7.99. The maximum absolute atomic E-state index is 13.0. The lowest BCUT2D eigenvalue weighted by atomic mass is 9.95. The molecule has 1 aromatic heterocycles. The Bertz CT molecular complexity index is 1200. The van der Waals surface area contributed by atoms with Gasteiger partial charge in [-0.1, -0.05) is 85.4 Å². The summed E-state index contributed by atoms with van der Waals surface area (Å²) in [6.45, 7) is 9.87. The number of anilines is 1. The Hall–Kier alpha value is -3.32. The van der Waals surface area contributed by atoms with Crippen LogP contribution in [-0.2, 0) is 21.7 Å². The Kier molecular flexibility index (Phi) is 6.99. The molecular weight excluding hydrogens is 432 g/mol. The zero-order chi connectivity index (χ0) is 23.4. The number of allylic oxidation sites excluding steroid dienone is 1. The fraction of sp³-hybridized carbons (Fsp3) is 0.269. The van der Waals surface area contributed by atoms with Gasteiger partial charge in [0.15, 0.2) is 0 Å². The van der Waals surface area contributed by atoms with Crippen molar-refractivity contribution < 1.29 is 9.53 Å². The summed E-state index contributed by atoms with van der Waals surface area (Å²) >= 11 is 1.57. The summed E-state index contributed by atoms with van der Waals surface area (Å²) in [5.41, 5.74) is 5.87. The molecule has 2 heterocycles. The van der Waals surface area contributed by atoms with Gasteiger partial charge in [0.05, 0.1) is 5.57 Å². The highest BCUT2D eigenvalue weighted by Crippen LogP contribution is 2.37. The third-order valence-corrected chi connectivity index (χ3v) is 6.45. The van der Waals surface area contributed by atoms with E-state index >= 15 is 0 Å². The van der Waals surface area contributed by atoms with Gasteiger partial charge in [-0.05, 0) is 37.0 Å². The number of esters is 1. The van der Waals surface area contributed by atoms with Crippen LogP contribution in [0.4, 0.5) is 5.95 Å². The van der Waals surface area contributed by atoms with Gasteiger partial charge >= 0.3 is 5.97 Å². The van der Waals surface area contributed by atoms with E-state index < -0.39 is 6.04 Å². The predicted molar refractivity (Wildman–Crippen MR) is 132 cm³/mol. The molecule has 4 rings (SSSR count). The van der Waals surface area contributed by atoms with Crippen molar-refractivity contribution in [2.75, 3.05) is 11.9 Å². The van der Waals surface area contributed by atoms with Gasteiger partial charge in [-0.3, -0.25) is 0 Å². The fourth-order valence-corrected chi connectivity index (χ4v) is 4.63. The lowest BCUT2D eigenvalue weighted by Crippen LogP contribution is -2.29. The summed E-state index contributed by atoms with van der Waals surface area (Å²) in [5.74, 6) is 0.991. The van der Waals surface area contributed by atoms with E-state index in [1.54, 1.807) is 22.5 Å². The molecule has 0 spiro atoms. The fourth-order valence-electron chi connectivity index (χ4n) is 3.86. The number of aromatic nitrogens is 3. The molecular formula is C26H28N4O2S. The van der Waals surface area contributed by atoms with Crippen LogP contribution < -0.4 is 5.32 Å². The molecule has 0 fully saturated rings. The third-order valence-electron chi connectivity index (χ3n) is 5.54. The van der Waals surface area contributed by atoms with Crippen LogP contribution in [0.2, 0.25) is 0 Å². The second kappa shape index (κ2) is 10.1. The van der Waals surface area contributed by atoms with E-state index in [2.05, 4.69) is 62.1 Å². The monoisotopic (exact) mass is 460 g/mol. The zero-order valence-electron chi connectivity index (χ0n) is 19.2. The van der Waals surface area contributed by atoms with Crippen LogP contribution in [0.25, 0.3) is 0 Å². The number of nitrogens with zero attached hydrogens (tertiary/aromatic N) is 3. The van der Waals surface area contributed by atoms with E-state index in [1.165, 1.54) is 16.7 Å². The molecule has 7 heteroatoms. The van der Waals surface area contributed by atoms with Gasteiger partial charge in [-0.15, -0.1) is 5.10 Å². The molecule has 170 valence electrons. The van der Waals surface area contributed by atoms with Crippen molar-refractivity contribution in [3.63, 3.8) is 0 Å². The number of hydrogen-bond acceptors (Lipinski definition) is 6. The Balaban J connectivity index is 1.68. The average Bonchev–Trinajstić information content (AvgIpc) is 3.23. The molecule has 2 aromatic carbocycles. The van der Waals surface area contributed by atoms with Crippen LogP contribution in [0.1, 0.15) is 42.1 Å². The van der Waals surface area contributed by atoms with Crippen molar-refractivity contribution >= 4 is 23.7 Å². The number of benzene rings is 2. The maximum Gasteiger partial charge on any atom is 0.338 e. The SMILES string of the molecule is C=CCOC(=O)C1=C(C)Nc2nc(SCc3cccc(C)c3)nn2[C@H]1c1ccc(CC)cc1. The highest BCUT2D eigenvalue weighted by atomic mass is 32.2. The molecule has 0 saturated heterocycles. The zero-order valence-corrected chi connectivity index (χ0v) is 20.0. The first kappa shape index (κ1) is 22.9. The van der Waals surface area contributed by atoms with Crippen molar-refractivity contribution in [3.8, 4) is 0 Å². The van der Waals surface area contributed by atoms with E-state index in [0.29, 0.717) is 22.4 Å². The van der Waals surface area contributed by atoms with Crippen molar-refractivity contribution in [3.05, 3.63) is 94.7 Å². The smallest absolute Gasteiger partial charge is 0.338 e. The molecule has 0 amide bonds. The molecule has 33 heavy (non-hydrogen) atoms. The second-order valence-corrected chi connectivity index (χ2v) is 8.93. The first-order chi connectivity index (χ1) is 16.0. The van der Waals surface area contributed by atoms with Gasteiger partial charge in [0, 0.05) is 11.4 Å². The normalized spacial score (nSPS) is 15.1. The summed E-state index contributed by atoms with van der Waals surface area (Å²) in [4.78, 5) is 17.7. The molecule has 3 aromatic rings. The number of nitrogens with one attached hydrogen (secondary N) is 1. The molecule has 1 aliphatic heterocycles. The van der Waals surface area contributed by atoms with Crippen molar-refractivity contribution in [1.82, 2.24) is 14.8 Å². The lowest BCUT2D eigenvalue weighted by molar-refractivity contribution is -0.138. The summed E-state index contributed by atoms with van der Waals surface area (Å²) in [6.07, 6.45) is 2.51. The molecule has 1 aliphatic rings. The van der Waals surface area contributed by atoms with Crippen LogP contribution in [0.3, 0.4) is 0 Å². The molecule has 0 saturated carbocycles. The van der Waals surface area contributed by atoms with Gasteiger partial charge in [0.25, 0.3) is 0 Å². The standard InChI is InChI=1S/C26H28N4O2S/c1-5-14-32-24(31)22-18(4)27-25-28-26(33-16-20-9-7-8-17(3)15-20)29-30(25)23(22)21-12-10-19(6-2)11-13-21/h5,7-13,15,23H,1,6,14,16H2,2-4H3,(H,27,28,29)/t23-/m0/s1. The highest BCUT2D eigenvalue weighted by Gasteiger charge is 2.35. The number of fused-ring (bicyclic) bond motifs is 1. The van der Waals surface area contributed by atoms with Crippen LogP contribution in [0, 0.1) is 6.92 Å². The Morgan fingerprint density at radius 1 is 1.21 bits per heavy atom. The number of aryl methyl sites for hydroxylation is 2. The first-order valence-corrected chi connectivity index (χ1v) is 12.0. The van der Waals surface area contributed by atoms with Crippen LogP contribution >= 0.6 is 11.8 Å². The van der Waals surface area contributed by atoms with Gasteiger partial charge in [-0.25, -0.2) is 9.48 Å². The molecule has 1 N–H and O–H groups in total. The van der Waals surface area contributed by atoms with Gasteiger partial charge in [-0.2, -0.15) is 4.98 Å². The largest absolute Gasteiger partial charge is 0.458 e. The van der Waals surface area contributed by atoms with Crippen LogP contribution in [0.15, 0.2) is 77.6 Å². The molecule has 0 radical (unpaired) electrons. The Morgan fingerprint density at radius 3 is 2.70 bits per heavy atom. The predicted octanol–water partition coefficient (Wildman–Crippen LogP) is 5.46. The van der Waals surface area contributed by atoms with E-state index in [9.17, 15) is 4.79 Å². The van der Waals surface area contributed by atoms with E-state index in [0.717, 1.165) is 17.7 Å². The highest BCUT2D eigenvalue weighted by molar-refractivity contribution is 7.98. The van der Waals surface area contributed by atoms with Crippen molar-refractivity contribution in [2.24, 2.45) is 0 Å². The quantitative estimate of drug-likeness (QED) is 0.274. The first-order valence-electron chi connectivity index (χ1n) is 11.0. The van der Waals surface area contributed by atoms with Gasteiger partial charge in [0.1, 0.15) is 12.6 Å². The topological polar surface area (TPSA) is 69.0 Å². The van der Waals surface area contributed by atoms with Crippen molar-refractivity contribution in [2.45, 2.75) is 44.1 Å². The van der Waals surface area contributed by atoms with Gasteiger partial charge in [0.2, 0.25) is 11.1 Å². The summed E-state index contributed by atoms with van der Waals surface area (Å²) < 4.78 is 7.20. The van der Waals surface area contributed by atoms with E-state index in [1.807, 2.05) is 19.1 Å². The summed E-state index contributed by atoms with van der Waals surface area (Å²) in [7, 11) is 0. The summed E-state index contributed by atoms with van der Waals surface area (Å²) in [5, 5.41) is 8.68. The third kappa shape index (κ3) is 5.03. The molecule has 0 bridgehead atoms. The summed E-state index contributed by atoms with van der Waals surface area (Å²) in [6, 6.07) is 16.3. The Labute approximate surface area is 198 Å². The number of ether oxygens (including phenoxy) is 1. The maximum atomic E-state index is 13.0. The Morgan fingerprint density at radius 2 is 2.00 bits per heavy atom. The number of rotatable bonds is 8. The number of thioether (sulfide) groups is 1. The van der Waals surface area contributed by atoms with Gasteiger partial charge < -0.3 is 10.1 Å². The van der Waals surface area contributed by atoms with Crippen LogP contribution in [-0.4, -0.2) is 27.3 Å². The molecule has 1 atom stereocenters. The van der Waals surface area contributed by atoms with E-state index in [4.69, 9.17) is 14.8 Å². The molecule has 0 aliphatic carbocycles. The van der Waals surface area contributed by atoms with Crippen molar-refractivity contribution in [1.29, 1.82) is 0 Å². The minimum Gasteiger partial charge on any atom is -0.458 e. The molecule has 0 unspecified atom stereocenters. The lowest BCUT2D eigenvalue weighted by Gasteiger charge is -2.28. The molecule has 6 nitrogen and oxygen atoms in total. The van der Waals surface area contributed by atoms with Crippen LogP contribution in [0.5, 0.6) is 0 Å². The number of carbonyl (C=O) groups is 1. The minimum atomic E-state index is -0.426. The van der Waals surface area contributed by atoms with E-state index in [-0.39, 0.29) is 12.6 Å². The number of hydrogen-bond donors (Lipinski definition) is 1. The number of carbonyl (C=O) groups excluding carboxylic acids is 1.